The van der Waals surface area contributed by atoms with Crippen LogP contribution in [0.4, 0.5) is 5.82 Å². The van der Waals surface area contributed by atoms with Crippen molar-refractivity contribution in [2.45, 2.75) is 37.6 Å². The van der Waals surface area contributed by atoms with Crippen LogP contribution in [0.3, 0.4) is 0 Å². The maximum atomic E-state index is 12.4. The van der Waals surface area contributed by atoms with Crippen LogP contribution < -0.4 is 9.62 Å². The third-order valence-corrected chi connectivity index (χ3v) is 5.91. The molecule has 2 aromatic rings. The van der Waals surface area contributed by atoms with Gasteiger partial charge in [-0.15, -0.1) is 0 Å². The number of hydrogen-bond donors (Lipinski definition) is 1. The highest BCUT2D eigenvalue weighted by atomic mass is 32.2. The molecule has 0 amide bonds. The summed E-state index contributed by atoms with van der Waals surface area (Å²) in [5.74, 6) is 0.769. The number of Topliss-reactive ketones (excluding diaryl/α,β-unsaturated/α-hetero) is 1. The minimum atomic E-state index is -3.69. The molecule has 1 N–H and O–H groups in total. The number of carbonyl (C=O) groups is 1. The minimum absolute atomic E-state index is 0.0862. The molecule has 6 nitrogen and oxygen atoms in total. The summed E-state index contributed by atoms with van der Waals surface area (Å²) in [7, 11) is -3.69. The van der Waals surface area contributed by atoms with Crippen molar-refractivity contribution in [1.82, 2.24) is 9.71 Å². The maximum absolute atomic E-state index is 12.4. The monoisotopic (exact) mass is 373 g/mol. The standard InChI is InChI=1S/C19H23N3O3S/c1-15(23)17-6-5-7-18(12-17)26(24,25)21-14-16-8-9-19(20-13-16)22-10-3-2-4-11-22/h5-9,12-13,21H,2-4,10-11,14H2,1H3. The Morgan fingerprint density at radius 2 is 1.92 bits per heavy atom. The number of ketones is 1. The summed E-state index contributed by atoms with van der Waals surface area (Å²) < 4.78 is 27.5. The van der Waals surface area contributed by atoms with E-state index >= 15 is 0 Å². The van der Waals surface area contributed by atoms with Gasteiger partial charge in [-0.2, -0.15) is 0 Å². The molecule has 2 heterocycles. The van der Waals surface area contributed by atoms with E-state index < -0.39 is 10.0 Å². The molecule has 26 heavy (non-hydrogen) atoms. The van der Waals surface area contributed by atoms with E-state index in [0.717, 1.165) is 24.5 Å². The molecule has 0 spiro atoms. The molecule has 0 bridgehead atoms. The van der Waals surface area contributed by atoms with Crippen molar-refractivity contribution in [3.63, 3.8) is 0 Å². The quantitative estimate of drug-likeness (QED) is 0.788. The Kier molecular flexibility index (Phi) is 5.68. The zero-order valence-corrected chi connectivity index (χ0v) is 15.6. The van der Waals surface area contributed by atoms with Crippen LogP contribution in [0.5, 0.6) is 0 Å². The third-order valence-electron chi connectivity index (χ3n) is 4.51. The molecule has 138 valence electrons. The molecule has 1 aliphatic rings. The SMILES string of the molecule is CC(=O)c1cccc(S(=O)(=O)NCc2ccc(N3CCCCC3)nc2)c1. The summed E-state index contributed by atoms with van der Waals surface area (Å²) in [6.07, 6.45) is 5.34. The molecule has 3 rings (SSSR count). The Morgan fingerprint density at radius 1 is 1.15 bits per heavy atom. The molecule has 1 aromatic carbocycles. The normalized spacial score (nSPS) is 15.0. The second kappa shape index (κ2) is 7.97. The van der Waals surface area contributed by atoms with Gasteiger partial charge < -0.3 is 4.90 Å². The zero-order valence-electron chi connectivity index (χ0n) is 14.8. The lowest BCUT2D eigenvalue weighted by atomic mass is 10.1. The fourth-order valence-corrected chi connectivity index (χ4v) is 4.04. The number of nitrogens with zero attached hydrogens (tertiary/aromatic N) is 2. The average molecular weight is 373 g/mol. The lowest BCUT2D eigenvalue weighted by molar-refractivity contribution is 0.101. The minimum Gasteiger partial charge on any atom is -0.357 e. The van der Waals surface area contributed by atoms with Crippen LogP contribution in [-0.2, 0) is 16.6 Å². The largest absolute Gasteiger partial charge is 0.357 e. The molecule has 1 aliphatic heterocycles. The zero-order chi connectivity index (χ0) is 18.6. The third kappa shape index (κ3) is 4.47. The van der Waals surface area contributed by atoms with Gasteiger partial charge >= 0.3 is 0 Å². The average Bonchev–Trinajstić information content (AvgIpc) is 2.68. The summed E-state index contributed by atoms with van der Waals surface area (Å²) in [4.78, 5) is 18.2. The van der Waals surface area contributed by atoms with Gasteiger partial charge in [0.15, 0.2) is 5.78 Å². The van der Waals surface area contributed by atoms with Crippen molar-refractivity contribution in [2.24, 2.45) is 0 Å². The molecule has 0 aliphatic carbocycles. The topological polar surface area (TPSA) is 79.4 Å². The first-order chi connectivity index (χ1) is 12.5. The Morgan fingerprint density at radius 3 is 2.58 bits per heavy atom. The summed E-state index contributed by atoms with van der Waals surface area (Å²) in [5, 5.41) is 0. The van der Waals surface area contributed by atoms with Crippen molar-refractivity contribution in [1.29, 1.82) is 0 Å². The molecule has 0 unspecified atom stereocenters. The molecule has 7 heteroatoms. The molecular formula is C19H23N3O3S. The number of hydrogen-bond acceptors (Lipinski definition) is 5. The fourth-order valence-electron chi connectivity index (χ4n) is 2.98. The van der Waals surface area contributed by atoms with Gasteiger partial charge in [0, 0.05) is 31.4 Å². The Balaban J connectivity index is 1.66. The smallest absolute Gasteiger partial charge is 0.240 e. The van der Waals surface area contributed by atoms with E-state index in [9.17, 15) is 13.2 Å². The van der Waals surface area contributed by atoms with E-state index in [1.807, 2.05) is 12.1 Å². The molecule has 0 atom stereocenters. The van der Waals surface area contributed by atoms with E-state index in [0.29, 0.717) is 5.56 Å². The fraction of sp³-hybridized carbons (Fsp3) is 0.368. The van der Waals surface area contributed by atoms with E-state index in [2.05, 4.69) is 14.6 Å². The van der Waals surface area contributed by atoms with Crippen LogP contribution in [0.25, 0.3) is 0 Å². The number of piperidine rings is 1. The number of aromatic nitrogens is 1. The number of carbonyl (C=O) groups excluding carboxylic acids is 1. The molecular weight excluding hydrogens is 350 g/mol. The number of nitrogens with one attached hydrogen (secondary N) is 1. The molecule has 1 fully saturated rings. The highest BCUT2D eigenvalue weighted by Crippen LogP contribution is 2.18. The van der Waals surface area contributed by atoms with E-state index in [-0.39, 0.29) is 17.2 Å². The van der Waals surface area contributed by atoms with Crippen molar-refractivity contribution in [3.05, 3.63) is 53.7 Å². The first-order valence-electron chi connectivity index (χ1n) is 8.76. The van der Waals surface area contributed by atoms with Gasteiger partial charge in [0.2, 0.25) is 10.0 Å². The molecule has 0 saturated carbocycles. The predicted molar refractivity (Wildman–Crippen MR) is 101 cm³/mol. The molecule has 0 radical (unpaired) electrons. The Bertz CT molecular complexity index is 873. The van der Waals surface area contributed by atoms with E-state index in [1.165, 1.54) is 38.3 Å². The lowest BCUT2D eigenvalue weighted by Crippen LogP contribution is -2.30. The Labute approximate surface area is 154 Å². The van der Waals surface area contributed by atoms with Crippen LogP contribution in [0, 0.1) is 0 Å². The lowest BCUT2D eigenvalue weighted by Gasteiger charge is -2.27. The number of sulfonamides is 1. The molecule has 1 saturated heterocycles. The van der Waals surface area contributed by atoms with Crippen LogP contribution in [0.15, 0.2) is 47.5 Å². The number of pyridine rings is 1. The summed E-state index contributed by atoms with van der Waals surface area (Å²) in [5.41, 5.74) is 1.16. The highest BCUT2D eigenvalue weighted by Gasteiger charge is 2.16. The first kappa shape index (κ1) is 18.5. The summed E-state index contributed by atoms with van der Waals surface area (Å²) in [6.45, 7) is 3.60. The van der Waals surface area contributed by atoms with Gasteiger partial charge in [-0.25, -0.2) is 18.1 Å². The first-order valence-corrected chi connectivity index (χ1v) is 10.2. The van der Waals surface area contributed by atoms with Gasteiger partial charge in [-0.1, -0.05) is 18.2 Å². The van der Waals surface area contributed by atoms with Crippen molar-refractivity contribution >= 4 is 21.6 Å². The number of benzene rings is 1. The highest BCUT2D eigenvalue weighted by molar-refractivity contribution is 7.89. The van der Waals surface area contributed by atoms with Crippen molar-refractivity contribution in [3.8, 4) is 0 Å². The number of rotatable bonds is 6. The molecule has 1 aromatic heterocycles. The van der Waals surface area contributed by atoms with Crippen LogP contribution in [0.2, 0.25) is 0 Å². The van der Waals surface area contributed by atoms with Crippen molar-refractivity contribution < 1.29 is 13.2 Å². The van der Waals surface area contributed by atoms with Crippen LogP contribution in [0.1, 0.15) is 42.1 Å². The number of anilines is 1. The van der Waals surface area contributed by atoms with Crippen LogP contribution in [-0.4, -0.2) is 32.3 Å². The van der Waals surface area contributed by atoms with Gasteiger partial charge in [-0.3, -0.25) is 4.79 Å². The van der Waals surface area contributed by atoms with Crippen molar-refractivity contribution in [2.75, 3.05) is 18.0 Å². The van der Waals surface area contributed by atoms with Gasteiger partial charge in [0.05, 0.1) is 4.90 Å². The van der Waals surface area contributed by atoms with Gasteiger partial charge in [0.1, 0.15) is 5.82 Å². The predicted octanol–water partition coefficient (Wildman–Crippen LogP) is 2.75. The second-order valence-corrected chi connectivity index (χ2v) is 8.25. The van der Waals surface area contributed by atoms with Gasteiger partial charge in [0.25, 0.3) is 0 Å². The summed E-state index contributed by atoms with van der Waals surface area (Å²) >= 11 is 0. The second-order valence-electron chi connectivity index (χ2n) is 6.48. The van der Waals surface area contributed by atoms with Crippen LogP contribution >= 0.6 is 0 Å². The maximum Gasteiger partial charge on any atom is 0.240 e. The van der Waals surface area contributed by atoms with E-state index in [4.69, 9.17) is 0 Å². The Hall–Kier alpha value is -2.25. The van der Waals surface area contributed by atoms with E-state index in [1.54, 1.807) is 18.3 Å². The summed E-state index contributed by atoms with van der Waals surface area (Å²) in [6, 6.07) is 9.87. The van der Waals surface area contributed by atoms with Gasteiger partial charge in [-0.05, 0) is 49.9 Å².